The maximum Gasteiger partial charge on any atom is 0.0615 e. The van der Waals surface area contributed by atoms with E-state index in [2.05, 4.69) is 89.6 Å². The van der Waals surface area contributed by atoms with E-state index in [9.17, 15) is 0 Å². The van der Waals surface area contributed by atoms with Gasteiger partial charge in [-0.15, -0.1) is 0 Å². The molecule has 1 aliphatic carbocycles. The van der Waals surface area contributed by atoms with Crippen LogP contribution in [0.15, 0.2) is 77.9 Å². The van der Waals surface area contributed by atoms with E-state index in [1.165, 1.54) is 33.4 Å². The molecule has 0 N–H and O–H groups in total. The minimum atomic E-state index is 0.370. The molecule has 3 heteroatoms. The van der Waals surface area contributed by atoms with E-state index < -0.39 is 0 Å². The molecule has 0 spiro atoms. The van der Waals surface area contributed by atoms with E-state index in [0.717, 1.165) is 32.6 Å². The molecule has 5 rings (SSSR count). The smallest absolute Gasteiger partial charge is 0.0615 e. The molecule has 0 atom stereocenters. The lowest BCUT2D eigenvalue weighted by atomic mass is 10.0. The Kier molecular flexibility index (Phi) is 4.91. The highest BCUT2D eigenvalue weighted by Gasteiger charge is 2.33. The molecule has 0 bridgehead atoms. The number of aryl methyl sites for hydroxylation is 1. The van der Waals surface area contributed by atoms with Gasteiger partial charge in [0.25, 0.3) is 0 Å². The van der Waals surface area contributed by atoms with Crippen LogP contribution >= 0.6 is 0 Å². The van der Waals surface area contributed by atoms with Crippen LogP contribution < -0.4 is 0 Å². The van der Waals surface area contributed by atoms with Crippen LogP contribution in [0.5, 0.6) is 0 Å². The van der Waals surface area contributed by atoms with Crippen LogP contribution in [-0.4, -0.2) is 42.3 Å². The molecule has 146 valence electrons. The summed E-state index contributed by atoms with van der Waals surface area (Å²) in [5, 5.41) is 6.95. The molecule has 1 heterocycles. The van der Waals surface area contributed by atoms with Crippen LogP contribution in [0.3, 0.4) is 0 Å². The van der Waals surface area contributed by atoms with Gasteiger partial charge < -0.3 is 0 Å². The Balaban J connectivity index is 1.29. The molecule has 0 unspecified atom stereocenters. The zero-order valence-corrected chi connectivity index (χ0v) is 17.0. The second kappa shape index (κ2) is 7.84. The van der Waals surface area contributed by atoms with Crippen LogP contribution in [0.25, 0.3) is 11.1 Å². The number of nitrogens with zero attached hydrogens (tertiary/aromatic N) is 3. The summed E-state index contributed by atoms with van der Waals surface area (Å²) in [6, 6.07) is 26.8. The fourth-order valence-electron chi connectivity index (χ4n) is 4.60. The number of hydrogen-bond donors (Lipinski definition) is 0. The number of fused-ring (bicyclic) bond motifs is 3. The lowest BCUT2D eigenvalue weighted by Crippen LogP contribution is -2.45. The summed E-state index contributed by atoms with van der Waals surface area (Å²) < 4.78 is 0. The second-order valence-corrected chi connectivity index (χ2v) is 7.91. The van der Waals surface area contributed by atoms with Gasteiger partial charge in [-0.05, 0) is 39.8 Å². The molecular weight excluding hydrogens is 354 g/mol. The highest BCUT2D eigenvalue weighted by Crippen LogP contribution is 2.46. The summed E-state index contributed by atoms with van der Waals surface area (Å²) >= 11 is 0. The van der Waals surface area contributed by atoms with Crippen molar-refractivity contribution in [1.82, 2.24) is 9.91 Å². The SMILES string of the molecule is CCc1ccc(/C=N/N2CCN(C3c4ccccc4-c4ccccc43)CC2)cc1. The lowest BCUT2D eigenvalue weighted by Gasteiger charge is -2.37. The predicted octanol–water partition coefficient (Wildman–Crippen LogP) is 4.97. The van der Waals surface area contributed by atoms with Gasteiger partial charge in [0, 0.05) is 26.2 Å². The standard InChI is InChI=1S/C26H27N3/c1-2-20-11-13-21(14-12-20)19-27-29-17-15-28(16-18-29)26-24-9-5-3-7-22(24)23-8-4-6-10-25(23)26/h3-14,19,26H,2,15-18H2,1H3/b27-19+. The molecule has 0 aromatic heterocycles. The molecule has 3 aromatic carbocycles. The van der Waals surface area contributed by atoms with Crippen molar-refractivity contribution in [2.75, 3.05) is 26.2 Å². The minimum absolute atomic E-state index is 0.370. The third-order valence-corrected chi connectivity index (χ3v) is 6.21. The molecule has 1 saturated heterocycles. The van der Waals surface area contributed by atoms with Crippen molar-refractivity contribution < 1.29 is 0 Å². The molecular formula is C26H27N3. The molecule has 0 radical (unpaired) electrons. The predicted molar refractivity (Wildman–Crippen MR) is 120 cm³/mol. The van der Waals surface area contributed by atoms with Crippen LogP contribution in [0, 0.1) is 0 Å². The Morgan fingerprint density at radius 2 is 1.38 bits per heavy atom. The number of rotatable bonds is 4. The van der Waals surface area contributed by atoms with Gasteiger partial charge in [0.2, 0.25) is 0 Å². The van der Waals surface area contributed by atoms with E-state index in [1.807, 2.05) is 6.21 Å². The summed E-state index contributed by atoms with van der Waals surface area (Å²) in [5.74, 6) is 0. The van der Waals surface area contributed by atoms with E-state index in [0.29, 0.717) is 6.04 Å². The molecule has 29 heavy (non-hydrogen) atoms. The van der Waals surface area contributed by atoms with E-state index in [1.54, 1.807) is 0 Å². The van der Waals surface area contributed by atoms with Gasteiger partial charge in [0.1, 0.15) is 0 Å². The Morgan fingerprint density at radius 1 is 0.793 bits per heavy atom. The molecule has 0 saturated carbocycles. The number of hydrogen-bond acceptors (Lipinski definition) is 3. The third kappa shape index (κ3) is 3.47. The van der Waals surface area contributed by atoms with Gasteiger partial charge in [-0.3, -0.25) is 9.91 Å². The lowest BCUT2D eigenvalue weighted by molar-refractivity contribution is 0.114. The minimum Gasteiger partial charge on any atom is -0.294 e. The Bertz CT molecular complexity index is 969. The average Bonchev–Trinajstić information content (AvgIpc) is 3.13. The zero-order valence-electron chi connectivity index (χ0n) is 17.0. The summed E-state index contributed by atoms with van der Waals surface area (Å²) in [5.41, 5.74) is 8.22. The fourth-order valence-corrected chi connectivity index (χ4v) is 4.60. The maximum absolute atomic E-state index is 4.74. The monoisotopic (exact) mass is 381 g/mol. The highest BCUT2D eigenvalue weighted by molar-refractivity contribution is 5.79. The van der Waals surface area contributed by atoms with Crippen LogP contribution in [0.4, 0.5) is 0 Å². The largest absolute Gasteiger partial charge is 0.294 e. The van der Waals surface area contributed by atoms with Crippen molar-refractivity contribution in [2.45, 2.75) is 19.4 Å². The van der Waals surface area contributed by atoms with Crippen molar-refractivity contribution in [2.24, 2.45) is 5.10 Å². The van der Waals surface area contributed by atoms with E-state index in [4.69, 9.17) is 5.10 Å². The number of piperazine rings is 1. The Hall–Kier alpha value is -2.91. The van der Waals surface area contributed by atoms with Crippen molar-refractivity contribution in [3.05, 3.63) is 95.1 Å². The van der Waals surface area contributed by atoms with Crippen molar-refractivity contribution >= 4 is 6.21 Å². The normalized spacial score (nSPS) is 16.9. The van der Waals surface area contributed by atoms with Crippen LogP contribution in [0.2, 0.25) is 0 Å². The molecule has 1 fully saturated rings. The Morgan fingerprint density at radius 3 is 1.97 bits per heavy atom. The van der Waals surface area contributed by atoms with Gasteiger partial charge in [0.05, 0.1) is 12.3 Å². The summed E-state index contributed by atoms with van der Waals surface area (Å²) in [7, 11) is 0. The van der Waals surface area contributed by atoms with Gasteiger partial charge in [-0.2, -0.15) is 5.10 Å². The summed E-state index contributed by atoms with van der Waals surface area (Å²) in [4.78, 5) is 2.62. The van der Waals surface area contributed by atoms with Crippen LogP contribution in [0.1, 0.15) is 35.2 Å². The van der Waals surface area contributed by atoms with Crippen molar-refractivity contribution in [3.8, 4) is 11.1 Å². The topological polar surface area (TPSA) is 18.8 Å². The van der Waals surface area contributed by atoms with Gasteiger partial charge in [-0.25, -0.2) is 0 Å². The first-order valence-electron chi connectivity index (χ1n) is 10.6. The second-order valence-electron chi connectivity index (χ2n) is 7.91. The molecule has 3 aromatic rings. The first-order valence-corrected chi connectivity index (χ1v) is 10.6. The quantitative estimate of drug-likeness (QED) is 0.594. The molecule has 0 amide bonds. The molecule has 2 aliphatic rings. The van der Waals surface area contributed by atoms with Gasteiger partial charge in [-0.1, -0.05) is 79.7 Å². The summed E-state index contributed by atoms with van der Waals surface area (Å²) in [6.45, 7) is 6.16. The fraction of sp³-hybridized carbons (Fsp3) is 0.269. The number of benzene rings is 3. The van der Waals surface area contributed by atoms with Gasteiger partial charge >= 0.3 is 0 Å². The first-order chi connectivity index (χ1) is 14.3. The van der Waals surface area contributed by atoms with Crippen molar-refractivity contribution in [3.63, 3.8) is 0 Å². The average molecular weight is 382 g/mol. The summed E-state index contributed by atoms with van der Waals surface area (Å²) in [6.07, 6.45) is 3.07. The highest BCUT2D eigenvalue weighted by atomic mass is 15.5. The van der Waals surface area contributed by atoms with Crippen LogP contribution in [-0.2, 0) is 6.42 Å². The van der Waals surface area contributed by atoms with E-state index in [-0.39, 0.29) is 0 Å². The van der Waals surface area contributed by atoms with Gasteiger partial charge in [0.15, 0.2) is 0 Å². The molecule has 3 nitrogen and oxygen atoms in total. The number of hydrazone groups is 1. The zero-order chi connectivity index (χ0) is 19.6. The maximum atomic E-state index is 4.74. The molecule has 1 aliphatic heterocycles. The Labute approximate surface area is 173 Å². The third-order valence-electron chi connectivity index (χ3n) is 6.21. The van der Waals surface area contributed by atoms with Crippen molar-refractivity contribution in [1.29, 1.82) is 0 Å². The van der Waals surface area contributed by atoms with E-state index >= 15 is 0 Å². The first kappa shape index (κ1) is 18.1.